The summed E-state index contributed by atoms with van der Waals surface area (Å²) in [5.41, 5.74) is 1.54. The lowest BCUT2D eigenvalue weighted by Crippen LogP contribution is -2.20. The highest BCUT2D eigenvalue weighted by Crippen LogP contribution is 2.44. The Hall–Kier alpha value is -2.68. The number of hydrogen-bond donors (Lipinski definition) is 0. The minimum absolute atomic E-state index is 0.0608. The van der Waals surface area contributed by atoms with Gasteiger partial charge in [-0.3, -0.25) is 9.59 Å². The van der Waals surface area contributed by atoms with E-state index in [0.717, 1.165) is 41.2 Å². The van der Waals surface area contributed by atoms with Crippen LogP contribution in [0.5, 0.6) is 11.5 Å². The van der Waals surface area contributed by atoms with Crippen LogP contribution in [0.1, 0.15) is 50.7 Å². The van der Waals surface area contributed by atoms with E-state index in [-0.39, 0.29) is 52.5 Å². The number of hydrogen-bond acceptors (Lipinski definition) is 10. The Kier molecular flexibility index (Phi) is 17.8. The molecule has 256 valence electrons. The number of benzene rings is 2. The molecule has 0 radical (unpaired) electrons. The highest BCUT2D eigenvalue weighted by Gasteiger charge is 2.27. The molecule has 47 heavy (non-hydrogen) atoms. The standard InChI is InChI=1S/C33H36Br4O10/c1-5-27(38)42-11-7-9-29(40)44-13-15-46-31-23(34)17-21(18-24(31)35)33(3,4)22-19-25(36)32(26(37)20-22)47-16-14-45-30(41)10-8-12-43-28(39)6-2/h5-6,17-20H,1-2,7-16H2,3-4H3. The van der Waals surface area contributed by atoms with Gasteiger partial charge in [-0.2, -0.15) is 0 Å². The number of ether oxygens (including phenoxy) is 6. The lowest BCUT2D eigenvalue weighted by Gasteiger charge is -2.28. The molecule has 0 saturated carbocycles. The van der Waals surface area contributed by atoms with Gasteiger partial charge in [-0.15, -0.1) is 0 Å². The summed E-state index contributed by atoms with van der Waals surface area (Å²) in [7, 11) is 0. The van der Waals surface area contributed by atoms with Crippen LogP contribution in [0, 0.1) is 0 Å². The first kappa shape index (κ1) is 40.5. The van der Waals surface area contributed by atoms with Crippen molar-refractivity contribution in [2.45, 2.75) is 44.9 Å². The summed E-state index contributed by atoms with van der Waals surface area (Å²) in [6.45, 7) is 11.4. The fourth-order valence-corrected chi connectivity index (χ4v) is 6.75. The van der Waals surface area contributed by atoms with Crippen molar-refractivity contribution < 1.29 is 47.6 Å². The topological polar surface area (TPSA) is 124 Å². The van der Waals surface area contributed by atoms with E-state index < -0.39 is 29.3 Å². The Bertz CT molecular complexity index is 1290. The van der Waals surface area contributed by atoms with Crippen LogP contribution in [0.25, 0.3) is 0 Å². The molecule has 2 aromatic carbocycles. The van der Waals surface area contributed by atoms with E-state index >= 15 is 0 Å². The van der Waals surface area contributed by atoms with Gasteiger partial charge in [0.05, 0.1) is 31.1 Å². The molecule has 10 nitrogen and oxygen atoms in total. The number of esters is 4. The van der Waals surface area contributed by atoms with Gasteiger partial charge in [-0.05, 0) is 112 Å². The number of carbonyl (C=O) groups is 4. The lowest BCUT2D eigenvalue weighted by molar-refractivity contribution is -0.146. The Balaban J connectivity index is 1.91. The van der Waals surface area contributed by atoms with Crippen molar-refractivity contribution in [2.75, 3.05) is 39.6 Å². The average Bonchev–Trinajstić information content (AvgIpc) is 3.03. The molecule has 2 rings (SSSR count). The van der Waals surface area contributed by atoms with E-state index in [4.69, 9.17) is 28.4 Å². The third kappa shape index (κ3) is 13.8. The molecule has 0 atom stereocenters. The normalized spacial score (nSPS) is 10.9. The molecule has 0 aliphatic rings. The van der Waals surface area contributed by atoms with Crippen molar-refractivity contribution in [1.29, 1.82) is 0 Å². The molecule has 0 heterocycles. The highest BCUT2D eigenvalue weighted by atomic mass is 79.9. The molecule has 0 aliphatic carbocycles. The summed E-state index contributed by atoms with van der Waals surface area (Å²) in [6.07, 6.45) is 3.09. The van der Waals surface area contributed by atoms with Gasteiger partial charge < -0.3 is 28.4 Å². The smallest absolute Gasteiger partial charge is 0.330 e. The van der Waals surface area contributed by atoms with E-state index in [1.54, 1.807) is 0 Å². The first-order chi connectivity index (χ1) is 22.3. The maximum Gasteiger partial charge on any atom is 0.330 e. The summed E-state index contributed by atoms with van der Waals surface area (Å²) in [5, 5.41) is 0. The monoisotopic (exact) mass is 908 g/mol. The van der Waals surface area contributed by atoms with Crippen molar-refractivity contribution >= 4 is 87.6 Å². The van der Waals surface area contributed by atoms with Crippen LogP contribution in [0.2, 0.25) is 0 Å². The molecule has 0 spiro atoms. The first-order valence-corrected chi connectivity index (χ1v) is 17.6. The predicted molar refractivity (Wildman–Crippen MR) is 189 cm³/mol. The average molecular weight is 912 g/mol. The van der Waals surface area contributed by atoms with Crippen LogP contribution in [-0.2, 0) is 43.5 Å². The van der Waals surface area contributed by atoms with Crippen LogP contribution < -0.4 is 9.47 Å². The zero-order chi connectivity index (χ0) is 35.0. The van der Waals surface area contributed by atoms with Gasteiger partial charge in [0.25, 0.3) is 0 Å². The minimum Gasteiger partial charge on any atom is -0.488 e. The second-order valence-electron chi connectivity index (χ2n) is 10.3. The van der Waals surface area contributed by atoms with Crippen molar-refractivity contribution in [1.82, 2.24) is 0 Å². The summed E-state index contributed by atoms with van der Waals surface area (Å²) in [6, 6.07) is 7.89. The highest BCUT2D eigenvalue weighted by molar-refractivity contribution is 9.11. The maximum atomic E-state index is 11.9. The molecular formula is C33H36Br4O10. The molecule has 0 unspecified atom stereocenters. The molecule has 0 amide bonds. The summed E-state index contributed by atoms with van der Waals surface area (Å²) >= 11 is 14.4. The van der Waals surface area contributed by atoms with Crippen molar-refractivity contribution in [3.63, 3.8) is 0 Å². The van der Waals surface area contributed by atoms with Gasteiger partial charge in [0.2, 0.25) is 0 Å². The second kappa shape index (κ2) is 20.6. The van der Waals surface area contributed by atoms with Crippen LogP contribution in [-0.4, -0.2) is 63.5 Å². The largest absolute Gasteiger partial charge is 0.488 e. The van der Waals surface area contributed by atoms with Crippen LogP contribution >= 0.6 is 63.7 Å². The summed E-state index contributed by atoms with van der Waals surface area (Å²) < 4.78 is 34.7. The molecule has 0 aromatic heterocycles. The summed E-state index contributed by atoms with van der Waals surface area (Å²) in [5.74, 6) is -0.743. The molecule has 0 N–H and O–H groups in total. The SMILES string of the molecule is C=CC(=O)OCCCC(=O)OCCOc1c(Br)cc(C(C)(C)c2cc(Br)c(OCCOC(=O)CCCOC(=O)C=C)c(Br)c2)cc1Br. The molecule has 0 fully saturated rings. The maximum absolute atomic E-state index is 11.9. The molecule has 0 bridgehead atoms. The van der Waals surface area contributed by atoms with Gasteiger partial charge >= 0.3 is 23.9 Å². The van der Waals surface area contributed by atoms with Gasteiger partial charge in [-0.1, -0.05) is 27.0 Å². The molecule has 2 aromatic rings. The number of rotatable bonds is 20. The number of carbonyl (C=O) groups excluding carboxylic acids is 4. The fourth-order valence-electron chi connectivity index (χ4n) is 3.92. The zero-order valence-electron chi connectivity index (χ0n) is 26.0. The van der Waals surface area contributed by atoms with E-state index in [1.165, 1.54) is 0 Å². The van der Waals surface area contributed by atoms with Crippen molar-refractivity contribution in [2.24, 2.45) is 0 Å². The molecular weight excluding hydrogens is 876 g/mol. The zero-order valence-corrected chi connectivity index (χ0v) is 32.4. The van der Waals surface area contributed by atoms with Crippen molar-refractivity contribution in [3.05, 3.63) is 78.6 Å². The van der Waals surface area contributed by atoms with Crippen LogP contribution in [0.15, 0.2) is 67.5 Å². The quantitative estimate of drug-likeness (QED) is 0.0561. The first-order valence-electron chi connectivity index (χ1n) is 14.4. The van der Waals surface area contributed by atoms with E-state index in [1.807, 2.05) is 24.3 Å². The fraction of sp³-hybridized carbons (Fsp3) is 0.394. The third-order valence-corrected chi connectivity index (χ3v) is 8.85. The molecule has 0 aliphatic heterocycles. The van der Waals surface area contributed by atoms with E-state index in [2.05, 4.69) is 90.7 Å². The molecule has 14 heteroatoms. The minimum atomic E-state index is -0.532. The molecule has 0 saturated heterocycles. The van der Waals surface area contributed by atoms with E-state index in [0.29, 0.717) is 24.3 Å². The van der Waals surface area contributed by atoms with Crippen molar-refractivity contribution in [3.8, 4) is 11.5 Å². The predicted octanol–water partition coefficient (Wildman–Crippen LogP) is 7.93. The summed E-state index contributed by atoms with van der Waals surface area (Å²) in [4.78, 5) is 45.9. The second-order valence-corrected chi connectivity index (χ2v) is 13.7. The Labute approximate surface area is 308 Å². The van der Waals surface area contributed by atoms with Gasteiger partial charge in [0.1, 0.15) is 37.9 Å². The van der Waals surface area contributed by atoms with Gasteiger partial charge in [0.15, 0.2) is 0 Å². The van der Waals surface area contributed by atoms with Gasteiger partial charge in [0, 0.05) is 30.4 Å². The van der Waals surface area contributed by atoms with Crippen LogP contribution in [0.4, 0.5) is 0 Å². The van der Waals surface area contributed by atoms with E-state index in [9.17, 15) is 19.2 Å². The van der Waals surface area contributed by atoms with Gasteiger partial charge in [-0.25, -0.2) is 9.59 Å². The van der Waals surface area contributed by atoms with Crippen LogP contribution in [0.3, 0.4) is 0 Å². The Morgan fingerprint density at radius 2 is 0.936 bits per heavy atom. The number of halogens is 4. The third-order valence-electron chi connectivity index (χ3n) is 6.50. The Morgan fingerprint density at radius 1 is 0.596 bits per heavy atom. The lowest BCUT2D eigenvalue weighted by atomic mass is 9.78. The Morgan fingerprint density at radius 3 is 1.26 bits per heavy atom.